The Morgan fingerprint density at radius 3 is 2.71 bits per heavy atom. The van der Waals surface area contributed by atoms with Gasteiger partial charge in [0.2, 0.25) is 5.91 Å². The van der Waals surface area contributed by atoms with Gasteiger partial charge in [0.1, 0.15) is 0 Å². The molecule has 114 valence electrons. The second-order valence-electron chi connectivity index (χ2n) is 4.44. The first-order chi connectivity index (χ1) is 9.87. The van der Waals surface area contributed by atoms with Crippen LogP contribution >= 0.6 is 11.8 Å². The van der Waals surface area contributed by atoms with E-state index in [-0.39, 0.29) is 34.0 Å². The van der Waals surface area contributed by atoms with E-state index < -0.39 is 21.7 Å². The topological polar surface area (TPSA) is 126 Å². The monoisotopic (exact) mass is 331 g/mol. The van der Waals surface area contributed by atoms with Crippen LogP contribution in [0.1, 0.15) is 16.9 Å². The van der Waals surface area contributed by atoms with Crippen molar-refractivity contribution in [2.75, 3.05) is 22.6 Å². The van der Waals surface area contributed by atoms with Crippen molar-refractivity contribution in [2.24, 2.45) is 0 Å². The van der Waals surface area contributed by atoms with Crippen LogP contribution in [0.25, 0.3) is 0 Å². The van der Waals surface area contributed by atoms with Crippen molar-refractivity contribution in [3.05, 3.63) is 18.1 Å². The number of carboxylic acid groups (broad SMARTS) is 1. The number of aromatic carboxylic acids is 1. The van der Waals surface area contributed by atoms with Crippen molar-refractivity contribution < 1.29 is 23.1 Å². The average Bonchev–Trinajstić information content (AvgIpc) is 2.76. The van der Waals surface area contributed by atoms with Gasteiger partial charge in [0, 0.05) is 17.6 Å². The Bertz CT molecular complexity index is 662. The summed E-state index contributed by atoms with van der Waals surface area (Å²) in [5, 5.41) is 11.2. The minimum Gasteiger partial charge on any atom is -0.476 e. The van der Waals surface area contributed by atoms with Crippen LogP contribution in [0.2, 0.25) is 0 Å². The number of carbonyl (C=O) groups excluding carboxylic acids is 1. The summed E-state index contributed by atoms with van der Waals surface area (Å²) in [5.74, 6) is -1.57. The van der Waals surface area contributed by atoms with Crippen LogP contribution in [-0.2, 0) is 14.6 Å². The molecule has 0 aliphatic carbocycles. The summed E-state index contributed by atoms with van der Waals surface area (Å²) in [4.78, 5) is 30.1. The number of aromatic nitrogens is 2. The minimum absolute atomic E-state index is 0.0375. The fourth-order valence-corrected chi connectivity index (χ4v) is 5.28. The van der Waals surface area contributed by atoms with E-state index in [1.165, 1.54) is 24.2 Å². The lowest BCUT2D eigenvalue weighted by molar-refractivity contribution is -0.113. The first-order valence-corrected chi connectivity index (χ1v) is 8.90. The highest BCUT2D eigenvalue weighted by Crippen LogP contribution is 2.24. The molecule has 1 aliphatic heterocycles. The van der Waals surface area contributed by atoms with E-state index in [2.05, 4.69) is 15.3 Å². The Kier molecular flexibility index (Phi) is 4.78. The van der Waals surface area contributed by atoms with Gasteiger partial charge in [0.15, 0.2) is 21.3 Å². The lowest BCUT2D eigenvalue weighted by Crippen LogP contribution is -2.20. The third-order valence-corrected chi connectivity index (χ3v) is 6.08. The van der Waals surface area contributed by atoms with Crippen molar-refractivity contribution in [2.45, 2.75) is 11.7 Å². The van der Waals surface area contributed by atoms with Gasteiger partial charge in [-0.3, -0.25) is 4.79 Å². The average molecular weight is 331 g/mol. The molecule has 10 heteroatoms. The zero-order chi connectivity index (χ0) is 15.5. The molecule has 2 rings (SSSR count). The second kappa shape index (κ2) is 6.39. The number of nitrogens with zero attached hydrogens (tertiary/aromatic N) is 2. The number of thioether (sulfide) groups is 1. The Labute approximate surface area is 125 Å². The molecule has 1 aromatic heterocycles. The van der Waals surface area contributed by atoms with E-state index in [9.17, 15) is 18.0 Å². The van der Waals surface area contributed by atoms with Crippen LogP contribution in [0.3, 0.4) is 0 Å². The molecule has 2 N–H and O–H groups in total. The third-order valence-electron chi connectivity index (χ3n) is 2.80. The molecule has 1 atom stereocenters. The summed E-state index contributed by atoms with van der Waals surface area (Å²) in [6.45, 7) is 0. The first-order valence-electron chi connectivity index (χ1n) is 6.03. The number of amides is 1. The van der Waals surface area contributed by atoms with Gasteiger partial charge in [-0.15, -0.1) is 11.8 Å². The molecule has 1 amide bonds. The van der Waals surface area contributed by atoms with E-state index >= 15 is 0 Å². The predicted molar refractivity (Wildman–Crippen MR) is 77.1 cm³/mol. The number of nitrogens with one attached hydrogen (secondary N) is 1. The van der Waals surface area contributed by atoms with Gasteiger partial charge >= 0.3 is 5.97 Å². The quantitative estimate of drug-likeness (QED) is 0.774. The molecule has 0 aromatic carbocycles. The largest absolute Gasteiger partial charge is 0.476 e. The van der Waals surface area contributed by atoms with Gasteiger partial charge in [-0.25, -0.2) is 23.2 Å². The smallest absolute Gasteiger partial charge is 0.358 e. The van der Waals surface area contributed by atoms with Gasteiger partial charge < -0.3 is 10.4 Å². The highest BCUT2D eigenvalue weighted by molar-refractivity contribution is 8.02. The maximum atomic E-state index is 11.8. The molecule has 8 nitrogen and oxygen atoms in total. The van der Waals surface area contributed by atoms with Crippen molar-refractivity contribution >= 4 is 39.3 Å². The molecule has 1 aliphatic rings. The summed E-state index contributed by atoms with van der Waals surface area (Å²) >= 11 is 1.24. The maximum absolute atomic E-state index is 11.8. The van der Waals surface area contributed by atoms with Crippen LogP contribution in [0.5, 0.6) is 0 Å². The number of anilines is 1. The van der Waals surface area contributed by atoms with Crippen LogP contribution in [0.15, 0.2) is 12.4 Å². The molecule has 1 fully saturated rings. The van der Waals surface area contributed by atoms with Crippen molar-refractivity contribution in [3.8, 4) is 0 Å². The zero-order valence-electron chi connectivity index (χ0n) is 10.9. The van der Waals surface area contributed by atoms with Crippen molar-refractivity contribution in [3.63, 3.8) is 0 Å². The van der Waals surface area contributed by atoms with Crippen molar-refractivity contribution in [1.82, 2.24) is 9.97 Å². The fourth-order valence-electron chi connectivity index (χ4n) is 1.84. The molecule has 0 spiro atoms. The zero-order valence-corrected chi connectivity index (χ0v) is 12.5. The Morgan fingerprint density at radius 1 is 1.38 bits per heavy atom. The molecule has 1 unspecified atom stereocenters. The van der Waals surface area contributed by atoms with Crippen LogP contribution in [0.4, 0.5) is 5.82 Å². The highest BCUT2D eigenvalue weighted by atomic mass is 32.2. The number of hydrogen-bond donors (Lipinski definition) is 2. The maximum Gasteiger partial charge on any atom is 0.358 e. The van der Waals surface area contributed by atoms with Crippen LogP contribution in [0, 0.1) is 0 Å². The summed E-state index contributed by atoms with van der Waals surface area (Å²) in [6, 6.07) is 0. The number of rotatable bonds is 5. The van der Waals surface area contributed by atoms with E-state index in [0.717, 1.165) is 0 Å². The Morgan fingerprint density at radius 2 is 2.10 bits per heavy atom. The van der Waals surface area contributed by atoms with E-state index in [1.54, 1.807) is 0 Å². The van der Waals surface area contributed by atoms with E-state index in [1.807, 2.05) is 0 Å². The van der Waals surface area contributed by atoms with Crippen LogP contribution in [-0.4, -0.2) is 57.9 Å². The highest BCUT2D eigenvalue weighted by Gasteiger charge is 2.28. The molecule has 0 saturated carbocycles. The summed E-state index contributed by atoms with van der Waals surface area (Å²) in [7, 11) is -2.97. The van der Waals surface area contributed by atoms with Gasteiger partial charge in [0.25, 0.3) is 0 Å². The molecule has 21 heavy (non-hydrogen) atoms. The fraction of sp³-hybridized carbons (Fsp3) is 0.455. The standard InChI is InChI=1S/C11H13N3O5S2/c15-8(5-20-7-1-4-21(18,19)6-7)14-10-9(11(16)17)12-2-3-13-10/h2-3,7H,1,4-6H2,(H,16,17)(H,13,14,15). The predicted octanol–water partition coefficient (Wildman–Crippen LogP) is 0.0336. The molecule has 0 radical (unpaired) electrons. The summed E-state index contributed by atoms with van der Waals surface area (Å²) in [6.07, 6.45) is 3.03. The molecular formula is C11H13N3O5S2. The second-order valence-corrected chi connectivity index (χ2v) is 7.96. The van der Waals surface area contributed by atoms with Gasteiger partial charge in [-0.1, -0.05) is 0 Å². The molecule has 0 bridgehead atoms. The number of hydrogen-bond acceptors (Lipinski definition) is 7. The van der Waals surface area contributed by atoms with Gasteiger partial charge in [-0.05, 0) is 6.42 Å². The van der Waals surface area contributed by atoms with Crippen molar-refractivity contribution in [1.29, 1.82) is 0 Å². The SMILES string of the molecule is O=C(CSC1CCS(=O)(=O)C1)Nc1nccnc1C(=O)O. The van der Waals surface area contributed by atoms with E-state index in [4.69, 9.17) is 5.11 Å². The Hall–Kier alpha value is -1.68. The summed E-state index contributed by atoms with van der Waals surface area (Å²) < 4.78 is 22.6. The molecule has 2 heterocycles. The number of carbonyl (C=O) groups is 2. The first kappa shape index (κ1) is 15.7. The molecule has 1 saturated heterocycles. The normalized spacial score (nSPS) is 20.1. The van der Waals surface area contributed by atoms with Crippen LogP contribution < -0.4 is 5.32 Å². The summed E-state index contributed by atoms with van der Waals surface area (Å²) in [5.41, 5.74) is -0.334. The van der Waals surface area contributed by atoms with E-state index in [0.29, 0.717) is 6.42 Å². The number of carboxylic acids is 1. The lowest BCUT2D eigenvalue weighted by Gasteiger charge is -2.08. The van der Waals surface area contributed by atoms with Gasteiger partial charge in [0.05, 0.1) is 17.3 Å². The molecule has 1 aromatic rings. The minimum atomic E-state index is -2.97. The Balaban J connectivity index is 1.90. The number of sulfone groups is 1. The lowest BCUT2D eigenvalue weighted by atomic mass is 10.4. The van der Waals surface area contributed by atoms with Gasteiger partial charge in [-0.2, -0.15) is 0 Å². The molecular weight excluding hydrogens is 318 g/mol. The third kappa shape index (κ3) is 4.39.